The lowest BCUT2D eigenvalue weighted by molar-refractivity contribution is 0.0973. The van der Waals surface area contributed by atoms with Crippen LogP contribution in [-0.2, 0) is 0 Å². The summed E-state index contributed by atoms with van der Waals surface area (Å²) in [5, 5.41) is 2.28. The third-order valence-electron chi connectivity index (χ3n) is 1.47. The van der Waals surface area contributed by atoms with Gasteiger partial charge in [-0.1, -0.05) is 24.1 Å². The van der Waals surface area contributed by atoms with Crippen LogP contribution in [0.3, 0.4) is 0 Å². The average Bonchev–Trinajstić information content (AvgIpc) is 2.05. The molecule has 12 heavy (non-hydrogen) atoms. The molecule has 0 aromatic heterocycles. The van der Waals surface area contributed by atoms with Crippen molar-refractivity contribution in [2.24, 2.45) is 0 Å². The molecule has 0 aliphatic rings. The van der Waals surface area contributed by atoms with Gasteiger partial charge in [0.05, 0.1) is 0 Å². The van der Waals surface area contributed by atoms with E-state index in [0.717, 1.165) is 5.56 Å². The lowest BCUT2D eigenvalue weighted by atomic mass is 10.1. The van der Waals surface area contributed by atoms with Crippen LogP contribution in [0.25, 0.3) is 0 Å². The number of hydrogen-bond donors (Lipinski definition) is 1. The highest BCUT2D eigenvalue weighted by Gasteiger charge is 2.01. The molecule has 0 heterocycles. The van der Waals surface area contributed by atoms with Gasteiger partial charge in [0, 0.05) is 13.0 Å². The molecule has 62 valence electrons. The molecule has 0 aliphatic heterocycles. The largest absolute Gasteiger partial charge is 0.281 e. The van der Waals surface area contributed by atoms with Crippen LogP contribution in [0, 0.1) is 19.4 Å². The smallest absolute Gasteiger partial charge is 0.262 e. The number of aryl methyl sites for hydroxylation is 1. The summed E-state index contributed by atoms with van der Waals surface area (Å²) >= 11 is 0. The molecule has 0 saturated heterocycles. The normalized spacial score (nSPS) is 8.67. The molecule has 0 saturated carbocycles. The molecule has 0 spiro atoms. The fourth-order valence-corrected chi connectivity index (χ4v) is 0.924. The summed E-state index contributed by atoms with van der Waals surface area (Å²) in [5.41, 5.74) is 1.63. The van der Waals surface area contributed by atoms with E-state index in [1.807, 2.05) is 19.1 Å². The predicted octanol–water partition coefficient (Wildman–Crippen LogP) is 1.56. The molecule has 1 N–H and O–H groups in total. The summed E-state index contributed by atoms with van der Waals surface area (Å²) in [6, 6.07) is 9.34. The fraction of sp³-hybridized carbons (Fsp3) is 0.100. The van der Waals surface area contributed by atoms with Crippen LogP contribution < -0.4 is 5.32 Å². The number of amides is 1. The van der Waals surface area contributed by atoms with Gasteiger partial charge in [-0.2, -0.15) is 0 Å². The monoisotopic (exact) mass is 161 g/mol. The van der Waals surface area contributed by atoms with E-state index in [4.69, 9.17) is 6.42 Å². The van der Waals surface area contributed by atoms with Gasteiger partial charge in [-0.25, -0.2) is 0 Å². The van der Waals surface area contributed by atoms with Gasteiger partial charge in [0.1, 0.15) is 0 Å². The van der Waals surface area contributed by atoms with Crippen LogP contribution >= 0.6 is 0 Å². The molecule has 2 nitrogen and oxygen atoms in total. The fourth-order valence-electron chi connectivity index (χ4n) is 0.924. The molecule has 0 bridgehead atoms. The summed E-state index contributed by atoms with van der Waals surface area (Å²) in [7, 11) is 0. The predicted molar refractivity (Wildman–Crippen MR) is 49.6 cm³/mol. The molecule has 1 aromatic carbocycles. The summed E-state index contributed by atoms with van der Waals surface area (Å²) < 4.78 is 0. The minimum atomic E-state index is -0.235. The van der Waals surface area contributed by atoms with E-state index in [1.165, 1.54) is 0 Å². The van der Waals surface area contributed by atoms with E-state index >= 15 is 0 Å². The molecular formula is C10H11NO. The van der Waals surface area contributed by atoms with Crippen molar-refractivity contribution in [3.05, 3.63) is 35.4 Å². The van der Waals surface area contributed by atoms with Gasteiger partial charge < -0.3 is 0 Å². The standard InChI is InChI=1S/C10H9NO.H2/c1-3-11-10(12)9-6-4-5-8(2)7-9;/h1,4-7H,2H3,(H,11,12);1H. The Morgan fingerprint density at radius 1 is 1.67 bits per heavy atom. The molecule has 0 fully saturated rings. The van der Waals surface area contributed by atoms with Crippen molar-refractivity contribution in [3.8, 4) is 12.5 Å². The van der Waals surface area contributed by atoms with Gasteiger partial charge in [0.25, 0.3) is 5.91 Å². The van der Waals surface area contributed by atoms with Crippen LogP contribution in [0.5, 0.6) is 0 Å². The Kier molecular flexibility index (Phi) is 2.49. The van der Waals surface area contributed by atoms with E-state index in [-0.39, 0.29) is 7.33 Å². The second-order valence-corrected chi connectivity index (χ2v) is 2.47. The van der Waals surface area contributed by atoms with E-state index < -0.39 is 0 Å². The van der Waals surface area contributed by atoms with Gasteiger partial charge in [0.2, 0.25) is 0 Å². The SMILES string of the molecule is C#CNC(=O)c1cccc(C)c1.[HH]. The zero-order valence-corrected chi connectivity index (χ0v) is 6.79. The molecule has 0 atom stereocenters. The second kappa shape index (κ2) is 3.59. The third-order valence-corrected chi connectivity index (χ3v) is 1.47. The number of hydrogen-bond acceptors (Lipinski definition) is 1. The van der Waals surface area contributed by atoms with Gasteiger partial charge in [-0.05, 0) is 19.1 Å². The van der Waals surface area contributed by atoms with Gasteiger partial charge in [-0.15, -0.1) is 0 Å². The van der Waals surface area contributed by atoms with Crippen molar-refractivity contribution in [1.82, 2.24) is 5.32 Å². The van der Waals surface area contributed by atoms with Gasteiger partial charge in [0.15, 0.2) is 0 Å². The van der Waals surface area contributed by atoms with Crippen molar-refractivity contribution >= 4 is 5.91 Å². The van der Waals surface area contributed by atoms with Crippen molar-refractivity contribution < 1.29 is 6.22 Å². The maximum Gasteiger partial charge on any atom is 0.262 e. The molecule has 1 aromatic rings. The van der Waals surface area contributed by atoms with Crippen LogP contribution in [-0.4, -0.2) is 5.91 Å². The first-order valence-corrected chi connectivity index (χ1v) is 3.56. The molecule has 0 unspecified atom stereocenters. The number of terminal acetylenes is 1. The number of rotatable bonds is 1. The lowest BCUT2D eigenvalue weighted by Gasteiger charge is -1.98. The first kappa shape index (κ1) is 8.35. The first-order valence-electron chi connectivity index (χ1n) is 3.56. The summed E-state index contributed by atoms with van der Waals surface area (Å²) in [5.74, 6) is -0.235. The quantitative estimate of drug-likeness (QED) is 0.491. The first-order chi connectivity index (χ1) is 5.74. The van der Waals surface area contributed by atoms with E-state index in [9.17, 15) is 4.79 Å². The zero-order valence-electron chi connectivity index (χ0n) is 6.79. The van der Waals surface area contributed by atoms with Gasteiger partial charge >= 0.3 is 0 Å². The Morgan fingerprint density at radius 2 is 2.42 bits per heavy atom. The molecule has 1 rings (SSSR count). The van der Waals surface area contributed by atoms with Crippen molar-refractivity contribution in [3.63, 3.8) is 0 Å². The minimum Gasteiger partial charge on any atom is -0.281 e. The molecular weight excluding hydrogens is 150 g/mol. The zero-order chi connectivity index (χ0) is 8.97. The Balaban J connectivity index is 0.00000144. The average molecular weight is 161 g/mol. The lowest BCUT2D eigenvalue weighted by Crippen LogP contribution is -2.17. The van der Waals surface area contributed by atoms with E-state index in [2.05, 4.69) is 11.4 Å². The third kappa shape index (κ3) is 1.86. The number of carbonyl (C=O) groups excluding carboxylic acids is 1. The van der Waals surface area contributed by atoms with E-state index in [1.54, 1.807) is 12.1 Å². The Labute approximate surface area is 73.1 Å². The maximum absolute atomic E-state index is 11.1. The Bertz CT molecular complexity index is 341. The van der Waals surface area contributed by atoms with Gasteiger partial charge in [-0.3, -0.25) is 10.1 Å². The van der Waals surface area contributed by atoms with Crippen LogP contribution in [0.1, 0.15) is 17.3 Å². The number of nitrogens with one attached hydrogen (secondary N) is 1. The number of benzene rings is 1. The number of carbonyl (C=O) groups is 1. The summed E-state index contributed by atoms with van der Waals surface area (Å²) in [6.07, 6.45) is 4.92. The van der Waals surface area contributed by atoms with Crippen molar-refractivity contribution in [2.45, 2.75) is 6.92 Å². The minimum absolute atomic E-state index is 0. The molecule has 0 aliphatic carbocycles. The molecule has 0 radical (unpaired) electrons. The van der Waals surface area contributed by atoms with Crippen molar-refractivity contribution in [1.29, 1.82) is 0 Å². The second-order valence-electron chi connectivity index (χ2n) is 2.47. The topological polar surface area (TPSA) is 29.1 Å². The van der Waals surface area contributed by atoms with Crippen LogP contribution in [0.2, 0.25) is 0 Å². The highest BCUT2D eigenvalue weighted by Crippen LogP contribution is 2.02. The maximum atomic E-state index is 11.1. The highest BCUT2D eigenvalue weighted by atomic mass is 16.1. The van der Waals surface area contributed by atoms with E-state index in [0.29, 0.717) is 5.56 Å². The highest BCUT2D eigenvalue weighted by molar-refractivity contribution is 5.95. The molecule has 1 amide bonds. The summed E-state index contributed by atoms with van der Waals surface area (Å²) in [4.78, 5) is 11.1. The summed E-state index contributed by atoms with van der Waals surface area (Å²) in [6.45, 7) is 1.92. The van der Waals surface area contributed by atoms with Crippen molar-refractivity contribution in [2.75, 3.05) is 0 Å². The molecule has 2 heteroatoms. The Morgan fingerprint density at radius 3 is 3.00 bits per heavy atom. The Hall–Kier alpha value is -1.75. The van der Waals surface area contributed by atoms with Crippen LogP contribution in [0.4, 0.5) is 0 Å². The van der Waals surface area contributed by atoms with Crippen LogP contribution in [0.15, 0.2) is 24.3 Å².